The van der Waals surface area contributed by atoms with E-state index < -0.39 is 0 Å². The van der Waals surface area contributed by atoms with Crippen molar-refractivity contribution in [3.8, 4) is 0 Å². The van der Waals surface area contributed by atoms with Gasteiger partial charge in [0.1, 0.15) is 0 Å². The van der Waals surface area contributed by atoms with E-state index in [1.165, 1.54) is 9.75 Å². The van der Waals surface area contributed by atoms with Crippen LogP contribution in [0.25, 0.3) is 0 Å². The molecule has 2 rings (SSSR count). The van der Waals surface area contributed by atoms with Gasteiger partial charge in [0.15, 0.2) is 0 Å². The highest BCUT2D eigenvalue weighted by molar-refractivity contribution is 7.12. The quantitative estimate of drug-likeness (QED) is 0.851. The summed E-state index contributed by atoms with van der Waals surface area (Å²) in [5, 5.41) is 3.44. The summed E-state index contributed by atoms with van der Waals surface area (Å²) in [6, 6.07) is 8.66. The maximum absolute atomic E-state index is 3.99. The van der Waals surface area contributed by atoms with E-state index in [0.717, 1.165) is 5.69 Å². The lowest BCUT2D eigenvalue weighted by atomic mass is 10.2. The average molecular weight is 218 g/mol. The number of nitrogens with one attached hydrogen (secondary N) is 1. The Bertz CT molecular complexity index is 422. The second kappa shape index (κ2) is 4.45. The standard InChI is InChI=1S/C12H14N2S/c1-9-3-4-12(15-9)10(2)14-11-5-7-13-8-6-11/h3-8,10H,1-2H3,(H,13,14). The Balaban J connectivity index is 2.07. The number of rotatable bonds is 3. The molecule has 0 aromatic carbocycles. The molecule has 0 spiro atoms. The molecule has 1 N–H and O–H groups in total. The molecular formula is C12H14N2S. The van der Waals surface area contributed by atoms with Gasteiger partial charge in [-0.25, -0.2) is 0 Å². The lowest BCUT2D eigenvalue weighted by Crippen LogP contribution is -2.04. The fraction of sp³-hybridized carbons (Fsp3) is 0.250. The number of aryl methyl sites for hydroxylation is 1. The average Bonchev–Trinajstić information content (AvgIpc) is 2.66. The molecule has 0 aliphatic carbocycles. The Hall–Kier alpha value is -1.35. The van der Waals surface area contributed by atoms with Gasteiger partial charge in [0, 0.05) is 27.8 Å². The van der Waals surface area contributed by atoms with E-state index in [9.17, 15) is 0 Å². The Labute approximate surface area is 94.0 Å². The van der Waals surface area contributed by atoms with Gasteiger partial charge in [0.2, 0.25) is 0 Å². The minimum Gasteiger partial charge on any atom is -0.378 e. The topological polar surface area (TPSA) is 24.9 Å². The molecule has 2 heterocycles. The molecule has 0 radical (unpaired) electrons. The van der Waals surface area contributed by atoms with Crippen LogP contribution in [0.4, 0.5) is 5.69 Å². The van der Waals surface area contributed by atoms with Crippen LogP contribution in [0.3, 0.4) is 0 Å². The van der Waals surface area contributed by atoms with Crippen LogP contribution in [0.5, 0.6) is 0 Å². The highest BCUT2D eigenvalue weighted by Crippen LogP contribution is 2.25. The van der Waals surface area contributed by atoms with Crippen LogP contribution < -0.4 is 5.32 Å². The minimum atomic E-state index is 0.353. The summed E-state index contributed by atoms with van der Waals surface area (Å²) in [7, 11) is 0. The lowest BCUT2D eigenvalue weighted by molar-refractivity contribution is 0.907. The number of pyridine rings is 1. The molecule has 0 saturated heterocycles. The van der Waals surface area contributed by atoms with E-state index in [2.05, 4.69) is 36.3 Å². The molecule has 0 aliphatic rings. The molecule has 1 unspecified atom stereocenters. The van der Waals surface area contributed by atoms with Crippen molar-refractivity contribution in [3.63, 3.8) is 0 Å². The van der Waals surface area contributed by atoms with E-state index in [-0.39, 0.29) is 0 Å². The summed E-state index contributed by atoms with van der Waals surface area (Å²) in [5.74, 6) is 0. The molecule has 0 aliphatic heterocycles. The summed E-state index contributed by atoms with van der Waals surface area (Å²) in [5.41, 5.74) is 1.11. The van der Waals surface area contributed by atoms with Crippen LogP contribution in [0.1, 0.15) is 22.7 Å². The zero-order valence-electron chi connectivity index (χ0n) is 8.90. The molecule has 1 atom stereocenters. The highest BCUT2D eigenvalue weighted by atomic mass is 32.1. The molecule has 2 aromatic rings. The van der Waals surface area contributed by atoms with Crippen molar-refractivity contribution in [1.29, 1.82) is 0 Å². The minimum absolute atomic E-state index is 0.353. The van der Waals surface area contributed by atoms with Crippen molar-refractivity contribution in [2.45, 2.75) is 19.9 Å². The molecule has 78 valence electrons. The molecule has 3 heteroatoms. The van der Waals surface area contributed by atoms with Crippen LogP contribution in [-0.4, -0.2) is 4.98 Å². The Morgan fingerprint density at radius 3 is 2.53 bits per heavy atom. The summed E-state index contributed by atoms with van der Waals surface area (Å²) >= 11 is 1.84. The first kappa shape index (κ1) is 10.2. The molecule has 0 saturated carbocycles. The third-order valence-corrected chi connectivity index (χ3v) is 3.43. The number of aromatic nitrogens is 1. The lowest BCUT2D eigenvalue weighted by Gasteiger charge is -2.13. The van der Waals surface area contributed by atoms with Gasteiger partial charge in [0.05, 0.1) is 6.04 Å². The normalized spacial score (nSPS) is 12.4. The van der Waals surface area contributed by atoms with E-state index >= 15 is 0 Å². The number of hydrogen-bond donors (Lipinski definition) is 1. The largest absolute Gasteiger partial charge is 0.378 e. The molecular weight excluding hydrogens is 204 g/mol. The van der Waals surface area contributed by atoms with Gasteiger partial charge in [-0.2, -0.15) is 0 Å². The van der Waals surface area contributed by atoms with E-state index in [1.807, 2.05) is 23.5 Å². The number of hydrogen-bond acceptors (Lipinski definition) is 3. The van der Waals surface area contributed by atoms with Gasteiger partial charge >= 0.3 is 0 Å². The fourth-order valence-electron chi connectivity index (χ4n) is 1.46. The van der Waals surface area contributed by atoms with Gasteiger partial charge in [0.25, 0.3) is 0 Å². The second-order valence-electron chi connectivity index (χ2n) is 3.55. The van der Waals surface area contributed by atoms with Crippen molar-refractivity contribution < 1.29 is 0 Å². The van der Waals surface area contributed by atoms with Gasteiger partial charge in [-0.15, -0.1) is 11.3 Å². The molecule has 0 bridgehead atoms. The van der Waals surface area contributed by atoms with Crippen molar-refractivity contribution in [2.24, 2.45) is 0 Å². The smallest absolute Gasteiger partial charge is 0.0578 e. The van der Waals surface area contributed by atoms with Crippen molar-refractivity contribution >= 4 is 17.0 Å². The predicted octanol–water partition coefficient (Wildman–Crippen LogP) is 3.62. The Morgan fingerprint density at radius 1 is 1.20 bits per heavy atom. The van der Waals surface area contributed by atoms with Crippen LogP contribution in [0.15, 0.2) is 36.7 Å². The molecule has 15 heavy (non-hydrogen) atoms. The van der Waals surface area contributed by atoms with Gasteiger partial charge in [-0.05, 0) is 38.1 Å². The summed E-state index contributed by atoms with van der Waals surface area (Å²) < 4.78 is 0. The predicted molar refractivity (Wildman–Crippen MR) is 65.3 cm³/mol. The molecule has 0 amide bonds. The number of anilines is 1. The SMILES string of the molecule is Cc1ccc(C(C)Nc2ccncc2)s1. The van der Waals surface area contributed by atoms with Gasteiger partial charge < -0.3 is 5.32 Å². The van der Waals surface area contributed by atoms with Crippen LogP contribution >= 0.6 is 11.3 Å². The molecule has 2 nitrogen and oxygen atoms in total. The van der Waals surface area contributed by atoms with E-state index in [1.54, 1.807) is 12.4 Å². The maximum atomic E-state index is 3.99. The third-order valence-electron chi connectivity index (χ3n) is 2.25. The van der Waals surface area contributed by atoms with E-state index in [0.29, 0.717) is 6.04 Å². The Morgan fingerprint density at radius 2 is 1.93 bits per heavy atom. The first-order valence-corrected chi connectivity index (χ1v) is 5.80. The fourth-order valence-corrected chi connectivity index (χ4v) is 2.34. The van der Waals surface area contributed by atoms with Crippen molar-refractivity contribution in [1.82, 2.24) is 4.98 Å². The zero-order valence-corrected chi connectivity index (χ0v) is 9.71. The first-order valence-electron chi connectivity index (χ1n) is 4.98. The highest BCUT2D eigenvalue weighted by Gasteiger charge is 2.06. The van der Waals surface area contributed by atoms with Crippen LogP contribution in [-0.2, 0) is 0 Å². The zero-order chi connectivity index (χ0) is 10.7. The van der Waals surface area contributed by atoms with Gasteiger partial charge in [-0.1, -0.05) is 0 Å². The van der Waals surface area contributed by atoms with E-state index in [4.69, 9.17) is 0 Å². The second-order valence-corrected chi connectivity index (χ2v) is 4.87. The number of thiophene rings is 1. The monoisotopic (exact) mass is 218 g/mol. The van der Waals surface area contributed by atoms with Crippen molar-refractivity contribution in [3.05, 3.63) is 46.4 Å². The molecule has 2 aromatic heterocycles. The summed E-state index contributed by atoms with van der Waals surface area (Å²) in [4.78, 5) is 6.71. The third kappa shape index (κ3) is 2.57. The summed E-state index contributed by atoms with van der Waals surface area (Å²) in [6.45, 7) is 4.30. The maximum Gasteiger partial charge on any atom is 0.0578 e. The number of nitrogens with zero attached hydrogens (tertiary/aromatic N) is 1. The Kier molecular flexibility index (Phi) is 3.02. The van der Waals surface area contributed by atoms with Crippen LogP contribution in [0.2, 0.25) is 0 Å². The van der Waals surface area contributed by atoms with Crippen LogP contribution in [0, 0.1) is 6.92 Å². The van der Waals surface area contributed by atoms with Crippen molar-refractivity contribution in [2.75, 3.05) is 5.32 Å². The summed E-state index contributed by atoms with van der Waals surface area (Å²) in [6.07, 6.45) is 3.60. The first-order chi connectivity index (χ1) is 7.25. The molecule has 0 fully saturated rings. The van der Waals surface area contributed by atoms with Gasteiger partial charge in [-0.3, -0.25) is 4.98 Å².